The topological polar surface area (TPSA) is 20.2 Å². The molecule has 1 aliphatic rings. The van der Waals surface area contributed by atoms with Crippen molar-refractivity contribution < 1.29 is 5.11 Å². The van der Waals surface area contributed by atoms with Crippen molar-refractivity contribution in [2.75, 3.05) is 0 Å². The van der Waals surface area contributed by atoms with Gasteiger partial charge in [-0.2, -0.15) is 0 Å². The molecular formula is C14H20O. The van der Waals surface area contributed by atoms with Gasteiger partial charge >= 0.3 is 0 Å². The zero-order valence-corrected chi connectivity index (χ0v) is 9.66. The summed E-state index contributed by atoms with van der Waals surface area (Å²) in [5.74, 6) is 1.56. The second-order valence-corrected chi connectivity index (χ2v) is 4.92. The molecule has 2 rings (SSSR count). The number of rotatable bonds is 2. The zero-order valence-electron chi connectivity index (χ0n) is 9.66. The van der Waals surface area contributed by atoms with Crippen LogP contribution in [-0.2, 0) is 0 Å². The summed E-state index contributed by atoms with van der Waals surface area (Å²) >= 11 is 0. The molecule has 0 atom stereocenters. The van der Waals surface area contributed by atoms with E-state index in [0.29, 0.717) is 17.6 Å². The second-order valence-electron chi connectivity index (χ2n) is 4.92. The molecule has 15 heavy (non-hydrogen) atoms. The van der Waals surface area contributed by atoms with E-state index in [4.69, 9.17) is 0 Å². The predicted molar refractivity (Wildman–Crippen MR) is 63.4 cm³/mol. The van der Waals surface area contributed by atoms with Crippen LogP contribution in [-0.4, -0.2) is 5.11 Å². The normalized spacial score (nSPS) is 17.5. The fourth-order valence-electron chi connectivity index (χ4n) is 2.61. The van der Waals surface area contributed by atoms with Crippen LogP contribution in [0.3, 0.4) is 0 Å². The Kier molecular flexibility index (Phi) is 2.99. The molecule has 1 heteroatoms. The van der Waals surface area contributed by atoms with E-state index in [-0.39, 0.29) is 0 Å². The van der Waals surface area contributed by atoms with E-state index >= 15 is 0 Å². The summed E-state index contributed by atoms with van der Waals surface area (Å²) in [4.78, 5) is 0. The number of aromatic hydroxyl groups is 1. The molecule has 0 heterocycles. The van der Waals surface area contributed by atoms with Crippen molar-refractivity contribution >= 4 is 0 Å². The van der Waals surface area contributed by atoms with Crippen molar-refractivity contribution in [1.29, 1.82) is 0 Å². The van der Waals surface area contributed by atoms with Gasteiger partial charge < -0.3 is 5.11 Å². The van der Waals surface area contributed by atoms with Crippen LogP contribution in [0.2, 0.25) is 0 Å². The van der Waals surface area contributed by atoms with E-state index in [1.54, 1.807) is 0 Å². The summed E-state index contributed by atoms with van der Waals surface area (Å²) in [6.07, 6.45) is 5.12. The maximum atomic E-state index is 10.2. The molecule has 1 aromatic rings. The summed E-state index contributed by atoms with van der Waals surface area (Å²) in [6, 6.07) is 6.22. The molecule has 1 N–H and O–H groups in total. The number of phenols is 1. The Balaban J connectivity index is 2.34. The number of benzene rings is 1. The summed E-state index contributed by atoms with van der Waals surface area (Å²) < 4.78 is 0. The molecule has 1 nitrogen and oxygen atoms in total. The van der Waals surface area contributed by atoms with E-state index in [1.165, 1.54) is 31.2 Å². The minimum Gasteiger partial charge on any atom is -0.507 e. The molecule has 0 aliphatic heterocycles. The fourth-order valence-corrected chi connectivity index (χ4v) is 2.61. The first-order chi connectivity index (χ1) is 7.20. The highest BCUT2D eigenvalue weighted by molar-refractivity contribution is 5.44. The lowest BCUT2D eigenvalue weighted by atomic mass is 9.91. The van der Waals surface area contributed by atoms with E-state index < -0.39 is 0 Å². The summed E-state index contributed by atoms with van der Waals surface area (Å²) in [7, 11) is 0. The first kappa shape index (κ1) is 10.5. The van der Waals surface area contributed by atoms with E-state index in [0.717, 1.165) is 5.56 Å². The molecule has 0 amide bonds. The number of para-hydroxylation sites is 1. The van der Waals surface area contributed by atoms with Crippen LogP contribution >= 0.6 is 0 Å². The van der Waals surface area contributed by atoms with Crippen molar-refractivity contribution in [2.24, 2.45) is 0 Å². The predicted octanol–water partition coefficient (Wildman–Crippen LogP) is 4.17. The Hall–Kier alpha value is -0.980. The summed E-state index contributed by atoms with van der Waals surface area (Å²) in [5, 5.41) is 10.2. The highest BCUT2D eigenvalue weighted by atomic mass is 16.3. The van der Waals surface area contributed by atoms with E-state index in [2.05, 4.69) is 26.0 Å². The molecule has 0 spiro atoms. The zero-order chi connectivity index (χ0) is 10.8. The number of hydrogen-bond acceptors (Lipinski definition) is 1. The van der Waals surface area contributed by atoms with Gasteiger partial charge in [0.1, 0.15) is 5.75 Å². The lowest BCUT2D eigenvalue weighted by Crippen LogP contribution is -1.97. The quantitative estimate of drug-likeness (QED) is 0.766. The van der Waals surface area contributed by atoms with Crippen LogP contribution in [0.15, 0.2) is 18.2 Å². The first-order valence-electron chi connectivity index (χ1n) is 6.02. The maximum Gasteiger partial charge on any atom is 0.122 e. The standard InChI is InChI=1S/C14H20O/c1-10(2)12-8-5-9-13(14(12)15)11-6-3-4-7-11/h5,8-11,15H,3-4,6-7H2,1-2H3. The molecule has 1 saturated carbocycles. The highest BCUT2D eigenvalue weighted by Crippen LogP contribution is 2.40. The Morgan fingerprint density at radius 1 is 1.20 bits per heavy atom. The summed E-state index contributed by atoms with van der Waals surface area (Å²) in [6.45, 7) is 4.26. The molecule has 0 unspecified atom stereocenters. The minimum absolute atomic E-state index is 0.409. The lowest BCUT2D eigenvalue weighted by Gasteiger charge is -2.16. The molecule has 0 aromatic heterocycles. The van der Waals surface area contributed by atoms with E-state index in [9.17, 15) is 5.11 Å². The van der Waals surface area contributed by atoms with Crippen LogP contribution in [0.25, 0.3) is 0 Å². The molecule has 82 valence electrons. The third-order valence-electron chi connectivity index (χ3n) is 3.52. The third kappa shape index (κ3) is 2.01. The molecule has 1 aromatic carbocycles. The van der Waals surface area contributed by atoms with Gasteiger partial charge in [-0.1, -0.05) is 44.9 Å². The van der Waals surface area contributed by atoms with Crippen molar-refractivity contribution in [1.82, 2.24) is 0 Å². The number of hydrogen-bond donors (Lipinski definition) is 1. The third-order valence-corrected chi connectivity index (χ3v) is 3.52. The van der Waals surface area contributed by atoms with Crippen LogP contribution in [0.4, 0.5) is 0 Å². The van der Waals surface area contributed by atoms with Gasteiger partial charge in [0, 0.05) is 0 Å². The average molecular weight is 204 g/mol. The smallest absolute Gasteiger partial charge is 0.122 e. The van der Waals surface area contributed by atoms with Gasteiger partial charge in [0.05, 0.1) is 0 Å². The second kappa shape index (κ2) is 4.26. The molecule has 1 fully saturated rings. The molecule has 0 saturated heterocycles. The van der Waals surface area contributed by atoms with Gasteiger partial charge in [0.2, 0.25) is 0 Å². The monoisotopic (exact) mass is 204 g/mol. The molecule has 1 aliphatic carbocycles. The van der Waals surface area contributed by atoms with Crippen molar-refractivity contribution in [3.05, 3.63) is 29.3 Å². The lowest BCUT2D eigenvalue weighted by molar-refractivity contribution is 0.451. The molecule has 0 bridgehead atoms. The summed E-state index contributed by atoms with van der Waals surface area (Å²) in [5.41, 5.74) is 2.28. The SMILES string of the molecule is CC(C)c1cccc(C2CCCC2)c1O. The van der Waals surface area contributed by atoms with Gasteiger partial charge in [0.15, 0.2) is 0 Å². The maximum absolute atomic E-state index is 10.2. The van der Waals surface area contributed by atoms with Crippen molar-refractivity contribution in [2.45, 2.75) is 51.4 Å². The Morgan fingerprint density at radius 2 is 1.87 bits per heavy atom. The van der Waals surface area contributed by atoms with Gasteiger partial charge in [-0.15, -0.1) is 0 Å². The van der Waals surface area contributed by atoms with Crippen LogP contribution in [0.1, 0.15) is 62.5 Å². The minimum atomic E-state index is 0.409. The van der Waals surface area contributed by atoms with Gasteiger partial charge in [-0.05, 0) is 35.8 Å². The highest BCUT2D eigenvalue weighted by Gasteiger charge is 2.21. The van der Waals surface area contributed by atoms with Crippen LogP contribution in [0.5, 0.6) is 5.75 Å². The van der Waals surface area contributed by atoms with Crippen LogP contribution in [0, 0.1) is 0 Å². The van der Waals surface area contributed by atoms with Crippen LogP contribution < -0.4 is 0 Å². The number of phenolic OH excluding ortho intramolecular Hbond substituents is 1. The van der Waals surface area contributed by atoms with Crippen molar-refractivity contribution in [3.63, 3.8) is 0 Å². The Bertz CT molecular complexity index is 335. The molecule has 0 radical (unpaired) electrons. The van der Waals surface area contributed by atoms with E-state index in [1.807, 2.05) is 6.07 Å². The van der Waals surface area contributed by atoms with Gasteiger partial charge in [-0.3, -0.25) is 0 Å². The Labute approximate surface area is 92.1 Å². The average Bonchev–Trinajstić information content (AvgIpc) is 2.70. The Morgan fingerprint density at radius 3 is 2.47 bits per heavy atom. The molecular weight excluding hydrogens is 184 g/mol. The first-order valence-corrected chi connectivity index (χ1v) is 6.02. The van der Waals surface area contributed by atoms with Gasteiger partial charge in [-0.25, -0.2) is 0 Å². The largest absolute Gasteiger partial charge is 0.507 e. The fraction of sp³-hybridized carbons (Fsp3) is 0.571. The van der Waals surface area contributed by atoms with Gasteiger partial charge in [0.25, 0.3) is 0 Å². The van der Waals surface area contributed by atoms with Crippen molar-refractivity contribution in [3.8, 4) is 5.75 Å².